The molecular weight excluding hydrogens is 472 g/mol. The van der Waals surface area contributed by atoms with Gasteiger partial charge >= 0.3 is 26.4 Å². The SMILES string of the molecule is CO[Si](CCCOC(CCC[Si](OC)(OC)OC)CCC[Si](OC)(OC)OC)(OC)OC. The van der Waals surface area contributed by atoms with Gasteiger partial charge in [-0.05, 0) is 32.1 Å². The van der Waals surface area contributed by atoms with Gasteiger partial charge in [-0.3, -0.25) is 0 Å². The van der Waals surface area contributed by atoms with Gasteiger partial charge < -0.3 is 44.6 Å². The van der Waals surface area contributed by atoms with Crippen molar-refractivity contribution in [1.82, 2.24) is 0 Å². The molecule has 10 nitrogen and oxygen atoms in total. The Labute approximate surface area is 198 Å². The fourth-order valence-electron chi connectivity index (χ4n) is 3.61. The van der Waals surface area contributed by atoms with Gasteiger partial charge in [-0.1, -0.05) is 0 Å². The number of hydrogen-bond acceptors (Lipinski definition) is 10. The van der Waals surface area contributed by atoms with Crippen LogP contribution >= 0.6 is 0 Å². The van der Waals surface area contributed by atoms with Crippen LogP contribution in [-0.2, 0) is 44.6 Å². The first-order valence-electron chi connectivity index (χ1n) is 10.9. The van der Waals surface area contributed by atoms with E-state index in [1.54, 1.807) is 64.0 Å². The quantitative estimate of drug-likeness (QED) is 0.157. The summed E-state index contributed by atoms with van der Waals surface area (Å²) in [5, 5.41) is 0. The van der Waals surface area contributed by atoms with Gasteiger partial charge in [0.05, 0.1) is 6.10 Å². The van der Waals surface area contributed by atoms with Gasteiger partial charge in [0.2, 0.25) is 0 Å². The molecule has 32 heavy (non-hydrogen) atoms. The minimum Gasteiger partial charge on any atom is -0.378 e. The average Bonchev–Trinajstić information content (AvgIpc) is 2.85. The average molecular weight is 519 g/mol. The molecule has 0 N–H and O–H groups in total. The maximum atomic E-state index is 6.24. The van der Waals surface area contributed by atoms with Gasteiger partial charge in [0.25, 0.3) is 0 Å². The molecule has 0 aliphatic rings. The summed E-state index contributed by atoms with van der Waals surface area (Å²) in [5.41, 5.74) is 0. The molecule has 0 rings (SSSR count). The lowest BCUT2D eigenvalue weighted by Gasteiger charge is -2.27. The Morgan fingerprint density at radius 3 is 1.00 bits per heavy atom. The van der Waals surface area contributed by atoms with Gasteiger partial charge in [-0.15, -0.1) is 0 Å². The standard InChI is InChI=1S/C19H46O10Si3/c1-20-30(21-2,22-3)16-10-13-19(14-11-17-31(23-4,24-5)25-6)29-15-12-18-32(26-7,27-8)28-9/h19H,10-18H2,1-9H3. The van der Waals surface area contributed by atoms with Gasteiger partial charge in [-0.25, -0.2) is 0 Å². The number of hydrogen-bond donors (Lipinski definition) is 0. The maximum Gasteiger partial charge on any atom is 0.500 e. The molecule has 0 aliphatic carbocycles. The third-order valence-electron chi connectivity index (χ3n) is 5.80. The van der Waals surface area contributed by atoms with E-state index in [2.05, 4.69) is 0 Å². The van der Waals surface area contributed by atoms with E-state index in [0.717, 1.165) is 44.2 Å². The smallest absolute Gasteiger partial charge is 0.378 e. The summed E-state index contributed by atoms with van der Waals surface area (Å²) in [4.78, 5) is 0. The molecule has 0 aromatic heterocycles. The zero-order chi connectivity index (χ0) is 24.5. The molecule has 0 saturated carbocycles. The van der Waals surface area contributed by atoms with Crippen molar-refractivity contribution in [3.8, 4) is 0 Å². The van der Waals surface area contributed by atoms with Crippen molar-refractivity contribution in [2.75, 3.05) is 70.6 Å². The molecule has 0 heterocycles. The first-order valence-corrected chi connectivity index (χ1v) is 16.7. The van der Waals surface area contributed by atoms with Crippen LogP contribution in [0.2, 0.25) is 18.1 Å². The van der Waals surface area contributed by atoms with Crippen molar-refractivity contribution in [2.45, 2.75) is 56.3 Å². The van der Waals surface area contributed by atoms with Crippen LogP contribution in [0.15, 0.2) is 0 Å². The van der Waals surface area contributed by atoms with E-state index in [9.17, 15) is 0 Å². The van der Waals surface area contributed by atoms with Crippen molar-refractivity contribution in [3.63, 3.8) is 0 Å². The minimum atomic E-state index is -2.59. The Balaban J connectivity index is 4.84. The van der Waals surface area contributed by atoms with E-state index in [0.29, 0.717) is 12.7 Å². The van der Waals surface area contributed by atoms with Gasteiger partial charge in [0.1, 0.15) is 0 Å². The highest BCUT2D eigenvalue weighted by molar-refractivity contribution is 6.61. The lowest BCUT2D eigenvalue weighted by Crippen LogP contribution is -2.43. The first kappa shape index (κ1) is 32.3. The summed E-state index contributed by atoms with van der Waals surface area (Å²) in [6, 6.07) is 2.16. The van der Waals surface area contributed by atoms with Crippen molar-refractivity contribution < 1.29 is 44.6 Å². The normalized spacial score (nSPS) is 13.3. The van der Waals surface area contributed by atoms with Crippen LogP contribution in [-0.4, -0.2) is 103 Å². The summed E-state index contributed by atoms with van der Waals surface area (Å²) in [6.45, 7) is 0.596. The number of ether oxygens (including phenoxy) is 1. The molecular formula is C19H46O10Si3. The second kappa shape index (κ2) is 17.7. The van der Waals surface area contributed by atoms with E-state index in [-0.39, 0.29) is 6.10 Å². The lowest BCUT2D eigenvalue weighted by atomic mass is 10.1. The van der Waals surface area contributed by atoms with Crippen LogP contribution in [0.25, 0.3) is 0 Å². The molecule has 0 aromatic carbocycles. The third kappa shape index (κ3) is 10.7. The van der Waals surface area contributed by atoms with Crippen LogP contribution in [0.4, 0.5) is 0 Å². The van der Waals surface area contributed by atoms with Gasteiger partial charge in [-0.2, -0.15) is 0 Å². The largest absolute Gasteiger partial charge is 0.500 e. The Bertz CT molecular complexity index is 398. The van der Waals surface area contributed by atoms with Crippen LogP contribution in [0.3, 0.4) is 0 Å². The molecule has 194 valence electrons. The maximum absolute atomic E-state index is 6.24. The van der Waals surface area contributed by atoms with Gasteiger partial charge in [0, 0.05) is 88.7 Å². The Kier molecular flexibility index (Phi) is 17.8. The zero-order valence-corrected chi connectivity index (χ0v) is 24.5. The third-order valence-corrected chi connectivity index (χ3v) is 14.3. The minimum absolute atomic E-state index is 0.0771. The molecule has 0 bridgehead atoms. The van der Waals surface area contributed by atoms with Crippen molar-refractivity contribution in [3.05, 3.63) is 0 Å². The molecule has 13 heteroatoms. The molecule has 0 aromatic rings. The van der Waals surface area contributed by atoms with E-state index in [1.165, 1.54) is 0 Å². The summed E-state index contributed by atoms with van der Waals surface area (Å²) in [5.74, 6) is 0. The van der Waals surface area contributed by atoms with E-state index in [4.69, 9.17) is 44.6 Å². The lowest BCUT2D eigenvalue weighted by molar-refractivity contribution is 0.0350. The molecule has 0 saturated heterocycles. The first-order chi connectivity index (χ1) is 15.3. The zero-order valence-electron chi connectivity index (χ0n) is 21.5. The van der Waals surface area contributed by atoms with E-state index < -0.39 is 26.4 Å². The predicted molar refractivity (Wildman–Crippen MR) is 128 cm³/mol. The molecule has 0 spiro atoms. The fraction of sp³-hybridized carbons (Fsp3) is 1.00. The van der Waals surface area contributed by atoms with Crippen LogP contribution in [0.5, 0.6) is 0 Å². The Hall–Kier alpha value is 0.251. The highest BCUT2D eigenvalue weighted by atomic mass is 28.4. The van der Waals surface area contributed by atoms with E-state index in [1.807, 2.05) is 0 Å². The van der Waals surface area contributed by atoms with Crippen LogP contribution in [0, 0.1) is 0 Å². The van der Waals surface area contributed by atoms with Crippen molar-refractivity contribution >= 4 is 26.4 Å². The summed E-state index contributed by atoms with van der Waals surface area (Å²) >= 11 is 0. The van der Waals surface area contributed by atoms with Crippen molar-refractivity contribution in [2.24, 2.45) is 0 Å². The highest BCUT2D eigenvalue weighted by Gasteiger charge is 2.39. The van der Waals surface area contributed by atoms with E-state index >= 15 is 0 Å². The second-order valence-electron chi connectivity index (χ2n) is 7.27. The van der Waals surface area contributed by atoms with Crippen LogP contribution < -0.4 is 0 Å². The van der Waals surface area contributed by atoms with Gasteiger partial charge in [0.15, 0.2) is 0 Å². The second-order valence-corrected chi connectivity index (χ2v) is 16.5. The summed E-state index contributed by atoms with van der Waals surface area (Å²) in [7, 11) is 6.90. The summed E-state index contributed by atoms with van der Waals surface area (Å²) in [6.07, 6.45) is 4.36. The molecule has 0 atom stereocenters. The Morgan fingerprint density at radius 2 is 0.719 bits per heavy atom. The number of rotatable bonds is 22. The monoisotopic (exact) mass is 518 g/mol. The molecule has 0 unspecified atom stereocenters. The molecule has 0 radical (unpaired) electrons. The predicted octanol–water partition coefficient (Wildman–Crippen LogP) is 2.96. The molecule has 0 aliphatic heterocycles. The Morgan fingerprint density at radius 1 is 0.438 bits per heavy atom. The molecule has 0 fully saturated rings. The fourth-order valence-corrected chi connectivity index (χ4v) is 8.80. The highest BCUT2D eigenvalue weighted by Crippen LogP contribution is 2.23. The van der Waals surface area contributed by atoms with Crippen LogP contribution in [0.1, 0.15) is 32.1 Å². The molecule has 0 amide bonds. The topological polar surface area (TPSA) is 92.3 Å². The van der Waals surface area contributed by atoms with Crippen molar-refractivity contribution in [1.29, 1.82) is 0 Å². The summed E-state index contributed by atoms with van der Waals surface area (Å²) < 4.78 is 55.9.